The zero-order valence-corrected chi connectivity index (χ0v) is 22.8. The minimum atomic E-state index is -0.461. The number of rotatable bonds is 8. The number of aryl methyl sites for hydroxylation is 3. The van der Waals surface area contributed by atoms with Gasteiger partial charge in [0.2, 0.25) is 0 Å². The van der Waals surface area contributed by atoms with Crippen LogP contribution in [0.3, 0.4) is 0 Å². The molecule has 0 saturated heterocycles. The summed E-state index contributed by atoms with van der Waals surface area (Å²) < 4.78 is 8.22. The van der Waals surface area contributed by atoms with Crippen molar-refractivity contribution in [2.75, 3.05) is 12.4 Å². The highest BCUT2D eigenvalue weighted by molar-refractivity contribution is 9.10. The smallest absolute Gasteiger partial charge is 0.341 e. The number of esters is 1. The van der Waals surface area contributed by atoms with Crippen LogP contribution in [0.4, 0.5) is 5.00 Å². The van der Waals surface area contributed by atoms with Crippen LogP contribution in [0.1, 0.15) is 58.0 Å². The van der Waals surface area contributed by atoms with Crippen LogP contribution >= 0.6 is 27.3 Å². The van der Waals surface area contributed by atoms with Gasteiger partial charge in [-0.15, -0.1) is 11.3 Å². The molecule has 2 heterocycles. The fraction of sp³-hybridized carbons (Fsp3) is 0.286. The number of ether oxygens (including phenoxy) is 1. The van der Waals surface area contributed by atoms with E-state index in [2.05, 4.69) is 44.9 Å². The molecule has 0 fully saturated rings. The second kappa shape index (κ2) is 10.8. The zero-order chi connectivity index (χ0) is 25.1. The number of para-hydroxylation sites is 1. The molecule has 4 rings (SSSR count). The Hall–Kier alpha value is -2.90. The first-order chi connectivity index (χ1) is 16.9. The van der Waals surface area contributed by atoms with Gasteiger partial charge < -0.3 is 14.6 Å². The van der Waals surface area contributed by atoms with E-state index in [1.54, 1.807) is 0 Å². The lowest BCUT2D eigenvalue weighted by Crippen LogP contribution is -2.19. The maximum atomic E-state index is 13.8. The van der Waals surface area contributed by atoms with Crippen LogP contribution in [0, 0.1) is 6.92 Å². The number of hydrogen-bond donors (Lipinski definition) is 1. The molecule has 5 nitrogen and oxygen atoms in total. The maximum absolute atomic E-state index is 13.8. The number of nitrogens with one attached hydrogen (secondary N) is 1. The highest BCUT2D eigenvalue weighted by atomic mass is 79.9. The lowest BCUT2D eigenvalue weighted by atomic mass is 10.00. The van der Waals surface area contributed by atoms with Crippen LogP contribution in [0.15, 0.2) is 53.0 Å². The van der Waals surface area contributed by atoms with Gasteiger partial charge in [-0.1, -0.05) is 66.5 Å². The number of carbonyl (C=O) groups is 2. The Balaban J connectivity index is 1.83. The first-order valence-electron chi connectivity index (χ1n) is 11.8. The van der Waals surface area contributed by atoms with Gasteiger partial charge >= 0.3 is 5.97 Å². The molecule has 0 unspecified atom stereocenters. The van der Waals surface area contributed by atoms with Crippen molar-refractivity contribution < 1.29 is 14.3 Å². The summed E-state index contributed by atoms with van der Waals surface area (Å²) in [6.45, 7) is 6.93. The lowest BCUT2D eigenvalue weighted by Gasteiger charge is -2.12. The number of anilines is 1. The van der Waals surface area contributed by atoms with E-state index in [0.717, 1.165) is 62.8 Å². The van der Waals surface area contributed by atoms with E-state index >= 15 is 0 Å². The zero-order valence-electron chi connectivity index (χ0n) is 20.4. The molecule has 0 spiro atoms. The first kappa shape index (κ1) is 25.2. The second-order valence-corrected chi connectivity index (χ2v) is 10.4. The standard InChI is InChI=1S/C28H29BrN2O3S/c1-5-7-16-31-21-11-9-8-10-20(21)17(3)25(31)26(32)30-27-24(28(33)34-4)23(22(6-2)35-27)18-12-14-19(29)15-13-18/h8-15H,5-7,16H2,1-4H3,(H,30,32). The number of fused-ring (bicyclic) bond motifs is 1. The monoisotopic (exact) mass is 552 g/mol. The summed E-state index contributed by atoms with van der Waals surface area (Å²) >= 11 is 4.91. The molecule has 1 amide bonds. The summed E-state index contributed by atoms with van der Waals surface area (Å²) in [6, 6.07) is 15.9. The van der Waals surface area contributed by atoms with Gasteiger partial charge in [-0.2, -0.15) is 0 Å². The van der Waals surface area contributed by atoms with Gasteiger partial charge in [0.15, 0.2) is 0 Å². The number of unbranched alkanes of at least 4 members (excludes halogenated alkanes) is 1. The van der Waals surface area contributed by atoms with Crippen LogP contribution in [0.5, 0.6) is 0 Å². The molecule has 0 bridgehead atoms. The Labute approximate surface area is 218 Å². The summed E-state index contributed by atoms with van der Waals surface area (Å²) in [5.41, 5.74) is 4.75. The van der Waals surface area contributed by atoms with Gasteiger partial charge in [0.25, 0.3) is 5.91 Å². The number of halogens is 1. The number of nitrogens with zero attached hydrogens (tertiary/aromatic N) is 1. The molecule has 182 valence electrons. The molecular weight excluding hydrogens is 524 g/mol. The van der Waals surface area contributed by atoms with E-state index in [-0.39, 0.29) is 5.91 Å². The van der Waals surface area contributed by atoms with E-state index < -0.39 is 5.97 Å². The van der Waals surface area contributed by atoms with Crippen molar-refractivity contribution in [1.29, 1.82) is 0 Å². The third kappa shape index (κ3) is 4.80. The average Bonchev–Trinajstić information content (AvgIpc) is 3.37. The van der Waals surface area contributed by atoms with Crippen molar-refractivity contribution in [2.24, 2.45) is 0 Å². The summed E-state index contributed by atoms with van der Waals surface area (Å²) in [5.74, 6) is -0.677. The van der Waals surface area contributed by atoms with Crippen molar-refractivity contribution in [1.82, 2.24) is 4.57 Å². The van der Waals surface area contributed by atoms with E-state index in [1.165, 1.54) is 18.4 Å². The number of thiophene rings is 1. The van der Waals surface area contributed by atoms with E-state index in [1.807, 2.05) is 50.2 Å². The Morgan fingerprint density at radius 3 is 2.46 bits per heavy atom. The normalized spacial score (nSPS) is 11.1. The number of hydrogen-bond acceptors (Lipinski definition) is 4. The van der Waals surface area contributed by atoms with Crippen LogP contribution in [0.2, 0.25) is 0 Å². The Morgan fingerprint density at radius 2 is 1.80 bits per heavy atom. The van der Waals surface area contributed by atoms with E-state index in [0.29, 0.717) is 16.3 Å². The predicted octanol–water partition coefficient (Wildman–Crippen LogP) is 7.84. The molecule has 2 aromatic heterocycles. The number of amides is 1. The summed E-state index contributed by atoms with van der Waals surface area (Å²) in [5, 5.41) is 4.67. The minimum absolute atomic E-state index is 0.216. The highest BCUT2D eigenvalue weighted by Gasteiger charge is 2.28. The molecule has 1 N–H and O–H groups in total. The molecule has 0 saturated carbocycles. The van der Waals surface area contributed by atoms with Crippen molar-refractivity contribution in [3.8, 4) is 11.1 Å². The number of benzene rings is 2. The topological polar surface area (TPSA) is 60.3 Å². The largest absolute Gasteiger partial charge is 0.465 e. The van der Waals surface area contributed by atoms with Gasteiger partial charge in [0.1, 0.15) is 16.3 Å². The Kier molecular flexibility index (Phi) is 7.77. The first-order valence-corrected chi connectivity index (χ1v) is 13.4. The third-order valence-electron chi connectivity index (χ3n) is 6.23. The van der Waals surface area contributed by atoms with Crippen molar-refractivity contribution in [3.05, 3.63) is 74.7 Å². The summed E-state index contributed by atoms with van der Waals surface area (Å²) in [6.07, 6.45) is 2.73. The van der Waals surface area contributed by atoms with Gasteiger partial charge in [0, 0.05) is 32.4 Å². The van der Waals surface area contributed by atoms with Gasteiger partial charge in [0.05, 0.1) is 7.11 Å². The van der Waals surface area contributed by atoms with Crippen LogP contribution < -0.4 is 5.32 Å². The highest BCUT2D eigenvalue weighted by Crippen LogP contribution is 2.42. The third-order valence-corrected chi connectivity index (χ3v) is 8.00. The SMILES string of the molecule is CCCCn1c(C(=O)Nc2sc(CC)c(-c3ccc(Br)cc3)c2C(=O)OC)c(C)c2ccccc21. The van der Waals surface area contributed by atoms with Crippen LogP contribution in [-0.2, 0) is 17.7 Å². The summed E-state index contributed by atoms with van der Waals surface area (Å²) in [7, 11) is 1.37. The molecule has 0 aliphatic rings. The second-order valence-electron chi connectivity index (χ2n) is 8.41. The molecule has 4 aromatic rings. The van der Waals surface area contributed by atoms with Crippen LogP contribution in [0.25, 0.3) is 22.0 Å². The molecule has 0 atom stereocenters. The molecule has 0 aliphatic heterocycles. The lowest BCUT2D eigenvalue weighted by molar-refractivity contribution is 0.0603. The molecule has 0 aliphatic carbocycles. The minimum Gasteiger partial charge on any atom is -0.465 e. The Bertz CT molecular complexity index is 1390. The fourth-order valence-electron chi connectivity index (χ4n) is 4.51. The van der Waals surface area contributed by atoms with Crippen molar-refractivity contribution >= 4 is 55.0 Å². The fourth-order valence-corrected chi connectivity index (χ4v) is 5.92. The van der Waals surface area contributed by atoms with Gasteiger partial charge in [-0.05, 0) is 49.1 Å². The Morgan fingerprint density at radius 1 is 1.09 bits per heavy atom. The van der Waals surface area contributed by atoms with Crippen LogP contribution in [-0.4, -0.2) is 23.6 Å². The van der Waals surface area contributed by atoms with Crippen molar-refractivity contribution in [2.45, 2.75) is 46.6 Å². The number of carbonyl (C=O) groups excluding carboxylic acids is 2. The molecule has 7 heteroatoms. The van der Waals surface area contributed by atoms with Crippen molar-refractivity contribution in [3.63, 3.8) is 0 Å². The number of aromatic nitrogens is 1. The molecular formula is C28H29BrN2O3S. The average molecular weight is 554 g/mol. The molecule has 0 radical (unpaired) electrons. The van der Waals surface area contributed by atoms with E-state index in [4.69, 9.17) is 4.74 Å². The molecule has 2 aromatic carbocycles. The predicted molar refractivity (Wildman–Crippen MR) is 148 cm³/mol. The van der Waals surface area contributed by atoms with Gasteiger partial charge in [-0.3, -0.25) is 4.79 Å². The van der Waals surface area contributed by atoms with E-state index in [9.17, 15) is 9.59 Å². The quantitative estimate of drug-likeness (QED) is 0.226. The van der Waals surface area contributed by atoms with Gasteiger partial charge in [-0.25, -0.2) is 4.79 Å². The maximum Gasteiger partial charge on any atom is 0.341 e. The molecule has 35 heavy (non-hydrogen) atoms. The number of methoxy groups -OCH3 is 1. The summed E-state index contributed by atoms with van der Waals surface area (Å²) in [4.78, 5) is 27.8.